The molecular formula is C95H65N3O5. The molecule has 6 heterocycles. The molecule has 1 aliphatic carbocycles. The first-order valence-corrected chi connectivity index (χ1v) is 35.6. The lowest BCUT2D eigenvalue weighted by atomic mass is 9.64. The molecule has 103 heavy (non-hydrogen) atoms. The van der Waals surface area contributed by atoms with E-state index in [1.54, 1.807) is 0 Å². The lowest BCUT2D eigenvalue weighted by Crippen LogP contribution is -2.37. The van der Waals surface area contributed by atoms with E-state index in [1.165, 1.54) is 21.9 Å². The first-order valence-electron chi connectivity index (χ1n) is 35.6. The van der Waals surface area contributed by atoms with Gasteiger partial charge in [-0.2, -0.15) is 0 Å². The number of hydrogen-bond donors (Lipinski definition) is 0. The van der Waals surface area contributed by atoms with Gasteiger partial charge in [-0.25, -0.2) is 0 Å². The Morgan fingerprint density at radius 1 is 0.301 bits per heavy atom. The van der Waals surface area contributed by atoms with Crippen molar-refractivity contribution in [2.45, 2.75) is 57.8 Å². The second kappa shape index (κ2) is 20.7. The van der Waals surface area contributed by atoms with Crippen LogP contribution in [0.1, 0.15) is 74.9 Å². The number of benzene rings is 15. The molecule has 4 aromatic heterocycles. The smallest absolute Gasteiger partial charge is 0.151 e. The highest BCUT2D eigenvalue weighted by molar-refractivity contribution is 6.27. The molecule has 0 fully saturated rings. The van der Waals surface area contributed by atoms with Crippen LogP contribution in [0.5, 0.6) is 11.5 Å². The van der Waals surface area contributed by atoms with Gasteiger partial charge in [-0.3, -0.25) is 0 Å². The summed E-state index contributed by atoms with van der Waals surface area (Å²) >= 11 is 0. The van der Waals surface area contributed by atoms with Gasteiger partial charge in [0.15, 0.2) is 11.5 Å². The molecule has 0 saturated carbocycles. The third-order valence-corrected chi connectivity index (χ3v) is 22.5. The van der Waals surface area contributed by atoms with Crippen molar-refractivity contribution in [1.29, 1.82) is 0 Å². The van der Waals surface area contributed by atoms with Crippen LogP contribution in [0.3, 0.4) is 0 Å². The standard InChI is InChI=1S/C95H65N3O5/c1-93(2,3)56-36-40-58(41-37-56)96(60-44-46-66-82(50-60)100-79-48-34-54-20-7-9-22-62(54)84(66)79)74-52-70-88(91-86(74)64-24-11-16-30-76(64)102-91)89-71(95(70)68-26-13-14-28-72(68)98-73-29-15-18-32-78(73)99-81-33-19-27-69(95)90(81)98)53-75(87-65-25-12-17-31-77(65)103-92(87)89)97(59-42-38-57(39-43-59)94(4,5)6)61-45-47-67-83(51-61)101-80-49-35-55-21-8-10-23-63(55)85(67)80/h7-53H,1-6H3. The van der Waals surface area contributed by atoms with Gasteiger partial charge in [-0.15, -0.1) is 0 Å². The highest BCUT2D eigenvalue weighted by Gasteiger charge is 2.56. The number of ether oxygens (including phenoxy) is 1. The van der Waals surface area contributed by atoms with Crippen LogP contribution >= 0.6 is 0 Å². The molecule has 0 saturated heterocycles. The third-order valence-electron chi connectivity index (χ3n) is 22.5. The fourth-order valence-electron chi connectivity index (χ4n) is 17.8. The summed E-state index contributed by atoms with van der Waals surface area (Å²) in [5.41, 5.74) is 22.2. The molecule has 490 valence electrons. The predicted molar refractivity (Wildman–Crippen MR) is 423 cm³/mol. The Morgan fingerprint density at radius 2 is 0.728 bits per heavy atom. The average Bonchev–Trinajstić information content (AvgIpc) is 1.51. The van der Waals surface area contributed by atoms with E-state index in [-0.39, 0.29) is 10.8 Å². The fourth-order valence-corrected chi connectivity index (χ4v) is 17.8. The number of furan rings is 4. The summed E-state index contributed by atoms with van der Waals surface area (Å²) in [6.07, 6.45) is 0. The number of hydrogen-bond acceptors (Lipinski definition) is 8. The summed E-state index contributed by atoms with van der Waals surface area (Å²) < 4.78 is 36.8. The summed E-state index contributed by atoms with van der Waals surface area (Å²) in [5.74, 6) is 1.54. The Kier molecular flexibility index (Phi) is 11.7. The molecule has 8 heteroatoms. The van der Waals surface area contributed by atoms with Gasteiger partial charge in [-0.1, -0.05) is 205 Å². The van der Waals surface area contributed by atoms with Crippen molar-refractivity contribution in [3.8, 4) is 22.6 Å². The van der Waals surface area contributed by atoms with E-state index in [4.69, 9.17) is 22.4 Å². The van der Waals surface area contributed by atoms with Gasteiger partial charge >= 0.3 is 0 Å². The van der Waals surface area contributed by atoms with Crippen LogP contribution in [0.25, 0.3) is 120 Å². The Hall–Kier alpha value is -12.8. The van der Waals surface area contributed by atoms with E-state index < -0.39 is 5.41 Å². The monoisotopic (exact) mass is 1330 g/mol. The molecule has 3 aliphatic rings. The largest absolute Gasteiger partial charge is 0.456 e. The van der Waals surface area contributed by atoms with Crippen LogP contribution in [0, 0.1) is 0 Å². The second-order valence-electron chi connectivity index (χ2n) is 30.2. The fraction of sp³-hybridized carbons (Fsp3) is 0.0947. The minimum Gasteiger partial charge on any atom is -0.456 e. The Balaban J connectivity index is 0.901. The Morgan fingerprint density at radius 3 is 1.25 bits per heavy atom. The molecular weight excluding hydrogens is 1260 g/mol. The van der Waals surface area contributed by atoms with Crippen molar-refractivity contribution in [1.82, 2.24) is 0 Å². The number of nitrogens with zero attached hydrogens (tertiary/aromatic N) is 3. The maximum atomic E-state index is 7.79. The topological polar surface area (TPSA) is 71.5 Å². The predicted octanol–water partition coefficient (Wildman–Crippen LogP) is 27.4. The molecule has 22 rings (SSSR count). The van der Waals surface area contributed by atoms with E-state index in [0.717, 1.165) is 195 Å². The third kappa shape index (κ3) is 8.00. The number of rotatable bonds is 6. The van der Waals surface area contributed by atoms with Gasteiger partial charge in [0.1, 0.15) is 44.7 Å². The van der Waals surface area contributed by atoms with Crippen molar-refractivity contribution in [2.75, 3.05) is 14.7 Å². The normalized spacial score (nSPS) is 13.7. The summed E-state index contributed by atoms with van der Waals surface area (Å²) in [6.45, 7) is 13.7. The van der Waals surface area contributed by atoms with Gasteiger partial charge in [0.25, 0.3) is 0 Å². The van der Waals surface area contributed by atoms with E-state index in [0.29, 0.717) is 0 Å². The molecule has 0 atom stereocenters. The van der Waals surface area contributed by atoms with Crippen LogP contribution < -0.4 is 19.4 Å². The molecule has 0 unspecified atom stereocenters. The molecule has 15 aromatic carbocycles. The average molecular weight is 1330 g/mol. The molecule has 8 nitrogen and oxygen atoms in total. The van der Waals surface area contributed by atoms with Gasteiger partial charge in [0.05, 0.1) is 44.6 Å². The molecule has 0 bridgehead atoms. The van der Waals surface area contributed by atoms with E-state index in [1.807, 2.05) is 0 Å². The zero-order chi connectivity index (χ0) is 68.5. The van der Waals surface area contributed by atoms with Crippen LogP contribution in [0.2, 0.25) is 0 Å². The van der Waals surface area contributed by atoms with Gasteiger partial charge in [0, 0.05) is 78.3 Å². The van der Waals surface area contributed by atoms with E-state index >= 15 is 0 Å². The van der Waals surface area contributed by atoms with Crippen molar-refractivity contribution in [2.24, 2.45) is 0 Å². The number of anilines is 9. The molecule has 0 amide bonds. The minimum absolute atomic E-state index is 0.109. The Labute approximate surface area is 593 Å². The summed E-state index contributed by atoms with van der Waals surface area (Å²) in [6, 6.07) is 104. The summed E-state index contributed by atoms with van der Waals surface area (Å²) in [5, 5.41) is 12.9. The lowest BCUT2D eigenvalue weighted by Gasteiger charge is -2.47. The van der Waals surface area contributed by atoms with Crippen LogP contribution in [0.15, 0.2) is 303 Å². The SMILES string of the molecule is CC(C)(C)c1ccc(N(c2ccc3c(c2)oc2ccc4ccccc4c23)c2cc3c(c4oc5ccccc5c24)-c2c(cc(N(c4ccc(C(C)(C)C)cc4)c4ccc5c(c4)oc4ccc6ccccc6c45)c4c2oc2ccccc24)C32c3ccccc3N3c4ccccc4Oc4cccc2c43)cc1. The number of para-hydroxylation sites is 6. The zero-order valence-electron chi connectivity index (χ0n) is 57.5. The van der Waals surface area contributed by atoms with Gasteiger partial charge < -0.3 is 37.1 Å². The van der Waals surface area contributed by atoms with Crippen LogP contribution in [-0.2, 0) is 16.2 Å². The molecule has 0 N–H and O–H groups in total. The molecule has 19 aromatic rings. The molecule has 2 aliphatic heterocycles. The molecule has 1 spiro atoms. The van der Waals surface area contributed by atoms with E-state index in [9.17, 15) is 0 Å². The maximum Gasteiger partial charge on any atom is 0.151 e. The summed E-state index contributed by atoms with van der Waals surface area (Å²) in [4.78, 5) is 7.33. The van der Waals surface area contributed by atoms with E-state index in [2.05, 4.69) is 341 Å². The first kappa shape index (κ1) is 58.1. The van der Waals surface area contributed by atoms with Crippen LogP contribution in [0.4, 0.5) is 51.2 Å². The summed E-state index contributed by atoms with van der Waals surface area (Å²) in [7, 11) is 0. The first-order chi connectivity index (χ1) is 50.3. The lowest BCUT2D eigenvalue weighted by molar-refractivity contribution is 0.473. The molecule has 0 radical (unpaired) electrons. The number of fused-ring (bicyclic) bond motifs is 29. The highest BCUT2D eigenvalue weighted by atomic mass is 16.5. The minimum atomic E-state index is -1.13. The van der Waals surface area contributed by atoms with Crippen molar-refractivity contribution < 1.29 is 22.4 Å². The van der Waals surface area contributed by atoms with Gasteiger partial charge in [-0.05, 0) is 175 Å². The highest BCUT2D eigenvalue weighted by Crippen LogP contribution is 2.71. The quantitative estimate of drug-likeness (QED) is 0.163. The van der Waals surface area contributed by atoms with Gasteiger partial charge in [0.2, 0.25) is 0 Å². The van der Waals surface area contributed by atoms with Crippen molar-refractivity contribution >= 4 is 160 Å². The van der Waals surface area contributed by atoms with Crippen molar-refractivity contribution in [3.63, 3.8) is 0 Å². The Bertz CT molecular complexity index is 6550. The van der Waals surface area contributed by atoms with Crippen molar-refractivity contribution in [3.05, 3.63) is 318 Å². The second-order valence-corrected chi connectivity index (χ2v) is 30.2. The van der Waals surface area contributed by atoms with Crippen LogP contribution in [-0.4, -0.2) is 0 Å². The maximum absolute atomic E-state index is 7.79. The zero-order valence-corrected chi connectivity index (χ0v) is 57.5.